The molecular weight excluding hydrogens is 266 g/mol. The fourth-order valence-electron chi connectivity index (χ4n) is 1.70. The fraction of sp³-hybridized carbons (Fsp3) is 0.231. The molecular formula is C13H14F2N4O. The standard InChI is InChI=1S/C13H14F2N4O/c1-8(9-3-4-10(14)11(15)7-9)16-13(20)17-12-5-6-19(2)18-12/h3-8H,1-2H3,(H2,16,17,18,20). The van der Waals surface area contributed by atoms with Crippen LogP contribution in [0.4, 0.5) is 19.4 Å². The third kappa shape index (κ3) is 3.31. The summed E-state index contributed by atoms with van der Waals surface area (Å²) in [5.41, 5.74) is 0.472. The first-order chi connectivity index (χ1) is 9.45. The van der Waals surface area contributed by atoms with Gasteiger partial charge in [-0.3, -0.25) is 10.00 Å². The highest BCUT2D eigenvalue weighted by atomic mass is 19.2. The van der Waals surface area contributed by atoms with Crippen molar-refractivity contribution in [3.8, 4) is 0 Å². The smallest absolute Gasteiger partial charge is 0.320 e. The molecule has 5 nitrogen and oxygen atoms in total. The number of amides is 2. The van der Waals surface area contributed by atoms with Crippen LogP contribution in [0.5, 0.6) is 0 Å². The molecule has 0 saturated heterocycles. The van der Waals surface area contributed by atoms with Gasteiger partial charge in [-0.1, -0.05) is 6.07 Å². The average Bonchev–Trinajstić information content (AvgIpc) is 2.77. The lowest BCUT2D eigenvalue weighted by Crippen LogP contribution is -2.31. The van der Waals surface area contributed by atoms with Crippen LogP contribution in [-0.2, 0) is 7.05 Å². The first kappa shape index (κ1) is 14.0. The predicted octanol–water partition coefficient (Wildman–Crippen LogP) is 2.58. The third-order valence-electron chi connectivity index (χ3n) is 2.75. The van der Waals surface area contributed by atoms with Crippen LogP contribution >= 0.6 is 0 Å². The lowest BCUT2D eigenvalue weighted by atomic mass is 10.1. The number of halogens is 2. The topological polar surface area (TPSA) is 59.0 Å². The Bertz CT molecular complexity index is 627. The van der Waals surface area contributed by atoms with Crippen molar-refractivity contribution in [3.63, 3.8) is 0 Å². The summed E-state index contributed by atoms with van der Waals surface area (Å²) in [6, 6.07) is 4.21. The van der Waals surface area contributed by atoms with Crippen LogP contribution in [0.15, 0.2) is 30.5 Å². The van der Waals surface area contributed by atoms with Crippen LogP contribution < -0.4 is 10.6 Å². The first-order valence-electron chi connectivity index (χ1n) is 5.98. The van der Waals surface area contributed by atoms with Crippen molar-refractivity contribution in [3.05, 3.63) is 47.7 Å². The Morgan fingerprint density at radius 1 is 1.30 bits per heavy atom. The molecule has 0 bridgehead atoms. The van der Waals surface area contributed by atoms with Gasteiger partial charge in [-0.2, -0.15) is 5.10 Å². The van der Waals surface area contributed by atoms with E-state index in [-0.39, 0.29) is 0 Å². The minimum atomic E-state index is -0.943. The van der Waals surface area contributed by atoms with Crippen LogP contribution in [0.1, 0.15) is 18.5 Å². The maximum absolute atomic E-state index is 13.1. The molecule has 2 N–H and O–H groups in total. The van der Waals surface area contributed by atoms with E-state index in [0.717, 1.165) is 12.1 Å². The average molecular weight is 280 g/mol. The summed E-state index contributed by atoms with van der Waals surface area (Å²) in [5.74, 6) is -1.46. The Balaban J connectivity index is 1.98. The van der Waals surface area contributed by atoms with Crippen molar-refractivity contribution in [2.24, 2.45) is 7.05 Å². The Morgan fingerprint density at radius 2 is 2.05 bits per heavy atom. The van der Waals surface area contributed by atoms with E-state index >= 15 is 0 Å². The van der Waals surface area contributed by atoms with E-state index in [4.69, 9.17) is 0 Å². The van der Waals surface area contributed by atoms with E-state index < -0.39 is 23.7 Å². The van der Waals surface area contributed by atoms with E-state index in [1.54, 1.807) is 30.9 Å². The zero-order chi connectivity index (χ0) is 14.7. The molecule has 0 aliphatic heterocycles. The van der Waals surface area contributed by atoms with E-state index in [1.807, 2.05) is 0 Å². The van der Waals surface area contributed by atoms with E-state index in [0.29, 0.717) is 11.4 Å². The summed E-state index contributed by atoms with van der Waals surface area (Å²) in [6.45, 7) is 1.67. The fourth-order valence-corrected chi connectivity index (χ4v) is 1.70. The van der Waals surface area contributed by atoms with Crippen molar-refractivity contribution in [2.45, 2.75) is 13.0 Å². The van der Waals surface area contributed by atoms with Gasteiger partial charge in [0.1, 0.15) is 0 Å². The first-order valence-corrected chi connectivity index (χ1v) is 5.98. The lowest BCUT2D eigenvalue weighted by Gasteiger charge is -2.14. The molecule has 0 saturated carbocycles. The van der Waals surface area contributed by atoms with Crippen molar-refractivity contribution in [2.75, 3.05) is 5.32 Å². The second kappa shape index (κ2) is 5.68. The molecule has 2 amide bonds. The molecule has 1 atom stereocenters. The highest BCUT2D eigenvalue weighted by Gasteiger charge is 2.12. The number of aryl methyl sites for hydroxylation is 1. The number of hydrogen-bond donors (Lipinski definition) is 2. The number of rotatable bonds is 3. The molecule has 1 heterocycles. The number of aromatic nitrogens is 2. The number of hydrogen-bond acceptors (Lipinski definition) is 2. The normalized spacial score (nSPS) is 12.0. The van der Waals surface area contributed by atoms with Crippen LogP contribution in [0.3, 0.4) is 0 Å². The number of nitrogens with one attached hydrogen (secondary N) is 2. The Kier molecular flexibility index (Phi) is 3.97. The monoisotopic (exact) mass is 280 g/mol. The number of carbonyl (C=O) groups is 1. The molecule has 106 valence electrons. The molecule has 0 radical (unpaired) electrons. The minimum Gasteiger partial charge on any atom is -0.331 e. The Hall–Kier alpha value is -2.44. The van der Waals surface area contributed by atoms with E-state index in [9.17, 15) is 13.6 Å². The van der Waals surface area contributed by atoms with Crippen molar-refractivity contribution < 1.29 is 13.6 Å². The van der Waals surface area contributed by atoms with Gasteiger partial charge in [-0.05, 0) is 24.6 Å². The van der Waals surface area contributed by atoms with Gasteiger partial charge in [0.05, 0.1) is 6.04 Å². The van der Waals surface area contributed by atoms with Gasteiger partial charge < -0.3 is 5.32 Å². The van der Waals surface area contributed by atoms with E-state index in [2.05, 4.69) is 15.7 Å². The van der Waals surface area contributed by atoms with Gasteiger partial charge in [-0.25, -0.2) is 13.6 Å². The molecule has 1 aromatic carbocycles. The molecule has 1 aromatic heterocycles. The Labute approximate surface area is 114 Å². The maximum atomic E-state index is 13.1. The summed E-state index contributed by atoms with van der Waals surface area (Å²) in [7, 11) is 1.73. The van der Waals surface area contributed by atoms with Crippen LogP contribution in [0, 0.1) is 11.6 Å². The highest BCUT2D eigenvalue weighted by Crippen LogP contribution is 2.16. The summed E-state index contributed by atoms with van der Waals surface area (Å²) in [4.78, 5) is 11.7. The summed E-state index contributed by atoms with van der Waals surface area (Å²) in [5, 5.41) is 9.14. The van der Waals surface area contributed by atoms with Gasteiger partial charge in [0, 0.05) is 19.3 Å². The molecule has 7 heteroatoms. The second-order valence-corrected chi connectivity index (χ2v) is 4.37. The highest BCUT2D eigenvalue weighted by molar-refractivity contribution is 5.88. The second-order valence-electron chi connectivity index (χ2n) is 4.37. The molecule has 0 spiro atoms. The number of anilines is 1. The number of nitrogens with zero attached hydrogens (tertiary/aromatic N) is 2. The molecule has 1 unspecified atom stereocenters. The van der Waals surface area contributed by atoms with Crippen LogP contribution in [-0.4, -0.2) is 15.8 Å². The zero-order valence-corrected chi connectivity index (χ0v) is 11.0. The van der Waals surface area contributed by atoms with Crippen molar-refractivity contribution in [1.82, 2.24) is 15.1 Å². The summed E-state index contributed by atoms with van der Waals surface area (Å²) < 4.78 is 27.5. The SMILES string of the molecule is CC(NC(=O)Nc1ccn(C)n1)c1ccc(F)c(F)c1. The number of urea groups is 1. The molecule has 0 aliphatic carbocycles. The quantitative estimate of drug-likeness (QED) is 0.907. The third-order valence-corrected chi connectivity index (χ3v) is 2.75. The van der Waals surface area contributed by atoms with Gasteiger partial charge in [-0.15, -0.1) is 0 Å². The summed E-state index contributed by atoms with van der Waals surface area (Å²) >= 11 is 0. The van der Waals surface area contributed by atoms with Gasteiger partial charge >= 0.3 is 6.03 Å². The Morgan fingerprint density at radius 3 is 2.65 bits per heavy atom. The van der Waals surface area contributed by atoms with Crippen molar-refractivity contribution >= 4 is 11.8 Å². The molecule has 20 heavy (non-hydrogen) atoms. The largest absolute Gasteiger partial charge is 0.331 e. The summed E-state index contributed by atoms with van der Waals surface area (Å²) in [6.07, 6.45) is 1.69. The molecule has 0 aliphatic rings. The molecule has 2 rings (SSSR count). The number of carbonyl (C=O) groups excluding carboxylic acids is 1. The lowest BCUT2D eigenvalue weighted by molar-refractivity contribution is 0.249. The minimum absolute atomic E-state index is 0.405. The maximum Gasteiger partial charge on any atom is 0.320 e. The molecule has 2 aromatic rings. The van der Waals surface area contributed by atoms with Gasteiger partial charge in [0.15, 0.2) is 17.5 Å². The predicted molar refractivity (Wildman–Crippen MR) is 70.1 cm³/mol. The van der Waals surface area contributed by atoms with E-state index in [1.165, 1.54) is 6.07 Å². The van der Waals surface area contributed by atoms with Crippen LogP contribution in [0.2, 0.25) is 0 Å². The van der Waals surface area contributed by atoms with Crippen molar-refractivity contribution in [1.29, 1.82) is 0 Å². The van der Waals surface area contributed by atoms with Gasteiger partial charge in [0.25, 0.3) is 0 Å². The van der Waals surface area contributed by atoms with Gasteiger partial charge in [0.2, 0.25) is 0 Å². The molecule has 0 fully saturated rings. The van der Waals surface area contributed by atoms with Crippen LogP contribution in [0.25, 0.3) is 0 Å². The number of benzene rings is 1. The zero-order valence-electron chi connectivity index (χ0n) is 11.0.